The molecule has 1 heterocycles. The molecule has 1 aliphatic heterocycles. The molecule has 1 saturated heterocycles. The molecule has 0 amide bonds. The summed E-state index contributed by atoms with van der Waals surface area (Å²) in [5, 5.41) is 3.45. The normalized spacial score (nSPS) is 23.2. The molecule has 96 valence electrons. The second-order valence-corrected chi connectivity index (χ2v) is 5.19. The number of methoxy groups -OCH3 is 1. The van der Waals surface area contributed by atoms with E-state index >= 15 is 0 Å². The summed E-state index contributed by atoms with van der Waals surface area (Å²) < 4.78 is 10.8. The Labute approximate surface area is 99.3 Å². The highest BCUT2D eigenvalue weighted by Gasteiger charge is 2.26. The number of hydrogen-bond acceptors (Lipinski definition) is 4. The van der Waals surface area contributed by atoms with Crippen molar-refractivity contribution in [2.75, 3.05) is 46.5 Å². The maximum Gasteiger partial charge on any atom is 0.0753 e. The van der Waals surface area contributed by atoms with Crippen LogP contribution in [0.15, 0.2) is 0 Å². The van der Waals surface area contributed by atoms with E-state index in [-0.39, 0.29) is 5.60 Å². The summed E-state index contributed by atoms with van der Waals surface area (Å²) in [4.78, 5) is 2.45. The van der Waals surface area contributed by atoms with E-state index in [0.717, 1.165) is 39.4 Å². The number of rotatable bonds is 6. The molecule has 1 unspecified atom stereocenters. The van der Waals surface area contributed by atoms with Crippen molar-refractivity contribution >= 4 is 0 Å². The third-order valence-corrected chi connectivity index (χ3v) is 2.84. The van der Waals surface area contributed by atoms with Crippen LogP contribution in [-0.4, -0.2) is 63.0 Å². The molecule has 1 atom stereocenters. The van der Waals surface area contributed by atoms with E-state index in [2.05, 4.69) is 31.0 Å². The zero-order valence-corrected chi connectivity index (χ0v) is 11.1. The standard InChI is InChI=1S/C12H26N2O2/c1-11(9-15-4)13-5-6-14-7-8-16-12(2,3)10-14/h11,13H,5-10H2,1-4H3. The third kappa shape index (κ3) is 5.25. The Morgan fingerprint density at radius 3 is 2.88 bits per heavy atom. The van der Waals surface area contributed by atoms with Crippen molar-refractivity contribution in [2.24, 2.45) is 0 Å². The predicted octanol–water partition coefficient (Wildman–Crippen LogP) is 0.722. The Morgan fingerprint density at radius 2 is 2.25 bits per heavy atom. The molecule has 1 aliphatic rings. The molecule has 0 aromatic rings. The second-order valence-electron chi connectivity index (χ2n) is 5.19. The summed E-state index contributed by atoms with van der Waals surface area (Å²) in [6.45, 7) is 12.2. The Balaban J connectivity index is 2.13. The largest absolute Gasteiger partial charge is 0.383 e. The van der Waals surface area contributed by atoms with E-state index in [1.165, 1.54) is 0 Å². The molecule has 16 heavy (non-hydrogen) atoms. The van der Waals surface area contributed by atoms with Gasteiger partial charge in [0.15, 0.2) is 0 Å². The van der Waals surface area contributed by atoms with E-state index in [1.807, 2.05) is 0 Å². The molecule has 1 fully saturated rings. The Morgan fingerprint density at radius 1 is 1.50 bits per heavy atom. The molecule has 0 radical (unpaired) electrons. The molecule has 0 aromatic carbocycles. The summed E-state index contributed by atoms with van der Waals surface area (Å²) >= 11 is 0. The number of ether oxygens (including phenoxy) is 2. The van der Waals surface area contributed by atoms with E-state index in [4.69, 9.17) is 9.47 Å². The van der Waals surface area contributed by atoms with Gasteiger partial charge in [-0.05, 0) is 20.8 Å². The zero-order valence-electron chi connectivity index (χ0n) is 11.1. The van der Waals surface area contributed by atoms with Crippen LogP contribution in [0, 0.1) is 0 Å². The van der Waals surface area contributed by atoms with Crippen LogP contribution in [0.5, 0.6) is 0 Å². The minimum Gasteiger partial charge on any atom is -0.383 e. The van der Waals surface area contributed by atoms with Gasteiger partial charge in [0.1, 0.15) is 0 Å². The highest BCUT2D eigenvalue weighted by Crippen LogP contribution is 2.15. The second kappa shape index (κ2) is 6.55. The molecule has 0 aliphatic carbocycles. The quantitative estimate of drug-likeness (QED) is 0.729. The van der Waals surface area contributed by atoms with Gasteiger partial charge < -0.3 is 14.8 Å². The van der Waals surface area contributed by atoms with Crippen LogP contribution in [0.4, 0.5) is 0 Å². The minimum atomic E-state index is 0.0103. The van der Waals surface area contributed by atoms with Gasteiger partial charge in [0, 0.05) is 39.3 Å². The van der Waals surface area contributed by atoms with Crippen molar-refractivity contribution in [1.82, 2.24) is 10.2 Å². The lowest BCUT2D eigenvalue weighted by Crippen LogP contribution is -2.50. The van der Waals surface area contributed by atoms with Crippen molar-refractivity contribution in [1.29, 1.82) is 0 Å². The van der Waals surface area contributed by atoms with Gasteiger partial charge in [0.05, 0.1) is 18.8 Å². The molecule has 0 saturated carbocycles. The molecule has 4 heteroatoms. The fraction of sp³-hybridized carbons (Fsp3) is 1.00. The van der Waals surface area contributed by atoms with Crippen LogP contribution in [0.25, 0.3) is 0 Å². The highest BCUT2D eigenvalue weighted by molar-refractivity contribution is 4.79. The van der Waals surface area contributed by atoms with E-state index < -0.39 is 0 Å². The van der Waals surface area contributed by atoms with E-state index in [0.29, 0.717) is 6.04 Å². The molecule has 4 nitrogen and oxygen atoms in total. The first-order chi connectivity index (χ1) is 7.53. The maximum absolute atomic E-state index is 5.68. The zero-order chi connectivity index (χ0) is 12.0. The average molecular weight is 230 g/mol. The topological polar surface area (TPSA) is 33.7 Å². The van der Waals surface area contributed by atoms with Gasteiger partial charge in [-0.2, -0.15) is 0 Å². The van der Waals surface area contributed by atoms with Crippen molar-refractivity contribution < 1.29 is 9.47 Å². The van der Waals surface area contributed by atoms with Gasteiger partial charge in [-0.1, -0.05) is 0 Å². The molecular formula is C12H26N2O2. The van der Waals surface area contributed by atoms with Crippen molar-refractivity contribution in [3.63, 3.8) is 0 Å². The lowest BCUT2D eigenvalue weighted by molar-refractivity contribution is -0.0855. The lowest BCUT2D eigenvalue weighted by Gasteiger charge is -2.38. The maximum atomic E-state index is 5.68. The molecular weight excluding hydrogens is 204 g/mol. The summed E-state index contributed by atoms with van der Waals surface area (Å²) in [5.74, 6) is 0. The number of nitrogens with zero attached hydrogens (tertiary/aromatic N) is 1. The fourth-order valence-electron chi connectivity index (χ4n) is 2.08. The Hall–Kier alpha value is -0.160. The Kier molecular flexibility index (Phi) is 5.69. The van der Waals surface area contributed by atoms with Gasteiger partial charge >= 0.3 is 0 Å². The first-order valence-electron chi connectivity index (χ1n) is 6.12. The predicted molar refractivity (Wildman–Crippen MR) is 65.8 cm³/mol. The van der Waals surface area contributed by atoms with Crippen LogP contribution >= 0.6 is 0 Å². The van der Waals surface area contributed by atoms with E-state index in [1.54, 1.807) is 7.11 Å². The van der Waals surface area contributed by atoms with Crippen molar-refractivity contribution in [3.8, 4) is 0 Å². The lowest BCUT2D eigenvalue weighted by atomic mass is 10.1. The Bertz CT molecular complexity index is 197. The van der Waals surface area contributed by atoms with Gasteiger partial charge in [-0.25, -0.2) is 0 Å². The SMILES string of the molecule is COCC(C)NCCN1CCOC(C)(C)C1. The highest BCUT2D eigenvalue weighted by atomic mass is 16.5. The monoisotopic (exact) mass is 230 g/mol. The molecule has 1 N–H and O–H groups in total. The third-order valence-electron chi connectivity index (χ3n) is 2.84. The van der Waals surface area contributed by atoms with Crippen LogP contribution < -0.4 is 5.32 Å². The molecule has 0 bridgehead atoms. The van der Waals surface area contributed by atoms with Gasteiger partial charge in [-0.15, -0.1) is 0 Å². The van der Waals surface area contributed by atoms with Gasteiger partial charge in [0.2, 0.25) is 0 Å². The van der Waals surface area contributed by atoms with Crippen LogP contribution in [0.1, 0.15) is 20.8 Å². The number of morpholine rings is 1. The van der Waals surface area contributed by atoms with Crippen LogP contribution in [0.3, 0.4) is 0 Å². The van der Waals surface area contributed by atoms with Crippen LogP contribution in [-0.2, 0) is 9.47 Å². The number of hydrogen-bond donors (Lipinski definition) is 1. The smallest absolute Gasteiger partial charge is 0.0753 e. The number of nitrogens with one attached hydrogen (secondary N) is 1. The van der Waals surface area contributed by atoms with E-state index in [9.17, 15) is 0 Å². The van der Waals surface area contributed by atoms with Crippen molar-refractivity contribution in [2.45, 2.75) is 32.4 Å². The summed E-state index contributed by atoms with van der Waals surface area (Å²) in [5.41, 5.74) is 0.0103. The first kappa shape index (κ1) is 13.9. The molecule has 1 rings (SSSR count). The van der Waals surface area contributed by atoms with Crippen molar-refractivity contribution in [3.05, 3.63) is 0 Å². The van der Waals surface area contributed by atoms with Gasteiger partial charge in [0.25, 0.3) is 0 Å². The summed E-state index contributed by atoms with van der Waals surface area (Å²) in [6.07, 6.45) is 0. The first-order valence-corrected chi connectivity index (χ1v) is 6.12. The summed E-state index contributed by atoms with van der Waals surface area (Å²) in [6, 6.07) is 0.430. The molecule has 0 spiro atoms. The molecule has 0 aromatic heterocycles. The average Bonchev–Trinajstić information content (AvgIpc) is 2.16. The van der Waals surface area contributed by atoms with Gasteiger partial charge in [-0.3, -0.25) is 4.90 Å². The van der Waals surface area contributed by atoms with Crippen LogP contribution in [0.2, 0.25) is 0 Å². The summed E-state index contributed by atoms with van der Waals surface area (Å²) in [7, 11) is 1.74. The fourth-order valence-corrected chi connectivity index (χ4v) is 2.08. The minimum absolute atomic E-state index is 0.0103.